The molecule has 0 N–H and O–H groups in total. The minimum atomic E-state index is 0.0346. The van der Waals surface area contributed by atoms with Crippen LogP contribution in [0.1, 0.15) is 52.7 Å². The summed E-state index contributed by atoms with van der Waals surface area (Å²) in [6, 6.07) is 0. The van der Waals surface area contributed by atoms with Gasteiger partial charge in [-0.3, -0.25) is 4.79 Å². The Bertz CT molecular complexity index is 915. The van der Waals surface area contributed by atoms with Crippen molar-refractivity contribution in [3.8, 4) is 0 Å². The smallest absolute Gasteiger partial charge is 0.267 e. The van der Waals surface area contributed by atoms with E-state index in [-0.39, 0.29) is 11.8 Å². The average molecular weight is 386 g/mol. The van der Waals surface area contributed by atoms with Crippen LogP contribution in [0.3, 0.4) is 0 Å². The molecule has 0 spiro atoms. The Morgan fingerprint density at radius 2 is 2.22 bits per heavy atom. The maximum atomic E-state index is 12.9. The Balaban J connectivity index is 1.50. The second-order valence-corrected chi connectivity index (χ2v) is 7.52. The fourth-order valence-electron chi connectivity index (χ4n) is 3.53. The van der Waals surface area contributed by atoms with E-state index in [4.69, 9.17) is 0 Å². The Hall–Kier alpha value is -2.62. The number of imidazole rings is 1. The molecule has 9 nitrogen and oxygen atoms in total. The summed E-state index contributed by atoms with van der Waals surface area (Å²) >= 11 is 1.19. The van der Waals surface area contributed by atoms with E-state index in [0.29, 0.717) is 18.0 Å². The molecule has 1 fully saturated rings. The number of aryl methyl sites for hydroxylation is 1. The highest BCUT2D eigenvalue weighted by Gasteiger charge is 2.30. The zero-order valence-corrected chi connectivity index (χ0v) is 16.3. The molecule has 0 aromatic carbocycles. The van der Waals surface area contributed by atoms with Crippen LogP contribution in [0.5, 0.6) is 0 Å². The Morgan fingerprint density at radius 3 is 3.00 bits per heavy atom. The summed E-state index contributed by atoms with van der Waals surface area (Å²) in [7, 11) is 1.99. The van der Waals surface area contributed by atoms with Gasteiger partial charge in [-0.25, -0.2) is 4.98 Å². The minimum absolute atomic E-state index is 0.0346. The van der Waals surface area contributed by atoms with Crippen LogP contribution < -0.4 is 0 Å². The molecule has 142 valence electrons. The highest BCUT2D eigenvalue weighted by molar-refractivity contribution is 7.08. The molecule has 0 saturated carbocycles. The number of likely N-dealkylation sites (tertiary alicyclic amines) is 1. The molecule has 10 heteroatoms. The molecule has 0 bridgehead atoms. The van der Waals surface area contributed by atoms with Crippen LogP contribution in [0.2, 0.25) is 0 Å². The standard InChI is InChI=1S/C17H22N8OS/c1-3-13-15(27-22-19-13)17(26)25-7-4-5-12(9-25)16-21-20-14(23(16)2)10-24-8-6-18-11-24/h6,8,11-12H,3-5,7,9-10H2,1-2H3. The normalized spacial score (nSPS) is 17.4. The number of carbonyl (C=O) groups excluding carboxylic acids is 1. The van der Waals surface area contributed by atoms with Crippen molar-refractivity contribution in [3.05, 3.63) is 40.9 Å². The summed E-state index contributed by atoms with van der Waals surface area (Å²) in [5.41, 5.74) is 0.786. The lowest BCUT2D eigenvalue weighted by molar-refractivity contribution is 0.0707. The van der Waals surface area contributed by atoms with Crippen LogP contribution in [0.15, 0.2) is 18.7 Å². The monoisotopic (exact) mass is 386 g/mol. The third-order valence-electron chi connectivity index (χ3n) is 5.04. The largest absolute Gasteiger partial charge is 0.337 e. The van der Waals surface area contributed by atoms with Crippen LogP contribution in [0.4, 0.5) is 0 Å². The molecule has 3 aromatic rings. The van der Waals surface area contributed by atoms with Gasteiger partial charge in [-0.15, -0.1) is 15.3 Å². The van der Waals surface area contributed by atoms with Crippen molar-refractivity contribution in [1.29, 1.82) is 0 Å². The molecule has 1 aliphatic rings. The summed E-state index contributed by atoms with van der Waals surface area (Å²) in [4.78, 5) is 19.6. The minimum Gasteiger partial charge on any atom is -0.337 e. The number of piperidine rings is 1. The van der Waals surface area contributed by atoms with Gasteiger partial charge in [-0.2, -0.15) is 0 Å². The Kier molecular flexibility index (Phi) is 4.97. The maximum Gasteiger partial charge on any atom is 0.267 e. The SMILES string of the molecule is CCc1nnsc1C(=O)N1CCCC(c2nnc(Cn3ccnc3)n2C)C1. The number of aromatic nitrogens is 7. The first-order chi connectivity index (χ1) is 13.2. The molecule has 3 aromatic heterocycles. The summed E-state index contributed by atoms with van der Waals surface area (Å²) < 4.78 is 7.96. The molecular weight excluding hydrogens is 364 g/mol. The van der Waals surface area contributed by atoms with Gasteiger partial charge in [-0.05, 0) is 30.8 Å². The zero-order chi connectivity index (χ0) is 18.8. The van der Waals surface area contributed by atoms with Crippen molar-refractivity contribution in [2.24, 2.45) is 7.05 Å². The van der Waals surface area contributed by atoms with Crippen LogP contribution in [0.25, 0.3) is 0 Å². The van der Waals surface area contributed by atoms with E-state index in [0.717, 1.165) is 43.1 Å². The third-order valence-corrected chi connectivity index (χ3v) is 5.80. The van der Waals surface area contributed by atoms with Gasteiger partial charge < -0.3 is 14.0 Å². The molecule has 4 rings (SSSR count). The van der Waals surface area contributed by atoms with Gasteiger partial charge in [-0.1, -0.05) is 11.4 Å². The van der Waals surface area contributed by atoms with E-state index in [1.807, 2.05) is 34.2 Å². The van der Waals surface area contributed by atoms with Crippen LogP contribution in [-0.4, -0.2) is 57.8 Å². The van der Waals surface area contributed by atoms with E-state index in [1.165, 1.54) is 11.5 Å². The van der Waals surface area contributed by atoms with Gasteiger partial charge in [0.2, 0.25) is 0 Å². The van der Waals surface area contributed by atoms with Crippen molar-refractivity contribution in [3.63, 3.8) is 0 Å². The van der Waals surface area contributed by atoms with E-state index in [1.54, 1.807) is 12.5 Å². The average Bonchev–Trinajstić information content (AvgIpc) is 3.44. The summed E-state index contributed by atoms with van der Waals surface area (Å²) in [5.74, 6) is 2.03. The van der Waals surface area contributed by atoms with Gasteiger partial charge in [0.15, 0.2) is 5.82 Å². The van der Waals surface area contributed by atoms with Gasteiger partial charge >= 0.3 is 0 Å². The fraction of sp³-hybridized carbons (Fsp3) is 0.529. The van der Waals surface area contributed by atoms with Gasteiger partial charge in [0.1, 0.15) is 10.7 Å². The van der Waals surface area contributed by atoms with Gasteiger partial charge in [0.25, 0.3) is 5.91 Å². The van der Waals surface area contributed by atoms with Gasteiger partial charge in [0, 0.05) is 38.4 Å². The molecular formula is C17H22N8OS. The molecule has 1 aliphatic heterocycles. The number of amides is 1. The molecule has 4 heterocycles. The van der Waals surface area contributed by atoms with Crippen LogP contribution >= 0.6 is 11.5 Å². The molecule has 1 amide bonds. The van der Waals surface area contributed by atoms with E-state index < -0.39 is 0 Å². The number of hydrogen-bond acceptors (Lipinski definition) is 7. The van der Waals surface area contributed by atoms with Crippen molar-refractivity contribution in [2.45, 2.75) is 38.6 Å². The van der Waals surface area contributed by atoms with E-state index in [2.05, 4.69) is 24.8 Å². The zero-order valence-electron chi connectivity index (χ0n) is 15.4. The number of hydrogen-bond donors (Lipinski definition) is 0. The Morgan fingerprint density at radius 1 is 1.33 bits per heavy atom. The molecule has 0 radical (unpaired) electrons. The van der Waals surface area contributed by atoms with Crippen molar-refractivity contribution >= 4 is 17.4 Å². The first kappa shape index (κ1) is 17.8. The van der Waals surface area contributed by atoms with Crippen molar-refractivity contribution in [2.75, 3.05) is 13.1 Å². The maximum absolute atomic E-state index is 12.9. The van der Waals surface area contributed by atoms with Crippen molar-refractivity contribution in [1.82, 2.24) is 38.8 Å². The molecule has 1 atom stereocenters. The van der Waals surface area contributed by atoms with Crippen LogP contribution in [-0.2, 0) is 20.0 Å². The molecule has 1 unspecified atom stereocenters. The second-order valence-electron chi connectivity index (χ2n) is 6.76. The van der Waals surface area contributed by atoms with Crippen molar-refractivity contribution < 1.29 is 4.79 Å². The highest BCUT2D eigenvalue weighted by atomic mass is 32.1. The predicted molar refractivity (Wildman–Crippen MR) is 99.5 cm³/mol. The van der Waals surface area contributed by atoms with Gasteiger partial charge in [0.05, 0.1) is 18.6 Å². The summed E-state index contributed by atoms with van der Waals surface area (Å²) in [6.45, 7) is 4.03. The lowest BCUT2D eigenvalue weighted by Crippen LogP contribution is -2.39. The quantitative estimate of drug-likeness (QED) is 0.659. The third kappa shape index (κ3) is 3.48. The molecule has 27 heavy (non-hydrogen) atoms. The summed E-state index contributed by atoms with van der Waals surface area (Å²) in [5, 5.41) is 12.9. The van der Waals surface area contributed by atoms with Crippen LogP contribution in [0, 0.1) is 0 Å². The molecule has 0 aliphatic carbocycles. The number of rotatable bonds is 5. The predicted octanol–water partition coefficient (Wildman–Crippen LogP) is 1.49. The number of nitrogens with zero attached hydrogens (tertiary/aromatic N) is 8. The first-order valence-electron chi connectivity index (χ1n) is 9.11. The topological polar surface area (TPSA) is 94.6 Å². The first-order valence-corrected chi connectivity index (χ1v) is 9.89. The van der Waals surface area contributed by atoms with E-state index >= 15 is 0 Å². The highest BCUT2D eigenvalue weighted by Crippen LogP contribution is 2.27. The second kappa shape index (κ2) is 7.55. The lowest BCUT2D eigenvalue weighted by atomic mass is 9.97. The number of carbonyl (C=O) groups is 1. The molecule has 1 saturated heterocycles. The Labute approximate surface area is 161 Å². The summed E-state index contributed by atoms with van der Waals surface area (Å²) in [6.07, 6.45) is 8.10. The lowest BCUT2D eigenvalue weighted by Gasteiger charge is -2.32. The van der Waals surface area contributed by atoms with E-state index in [9.17, 15) is 4.79 Å². The fourth-order valence-corrected chi connectivity index (χ4v) is 4.25.